The van der Waals surface area contributed by atoms with E-state index in [1.165, 1.54) is 0 Å². The van der Waals surface area contributed by atoms with E-state index in [1.807, 2.05) is 0 Å². The fraction of sp³-hybridized carbons (Fsp3) is 0.385. The van der Waals surface area contributed by atoms with Crippen molar-refractivity contribution in [1.29, 1.82) is 0 Å². The van der Waals surface area contributed by atoms with Gasteiger partial charge in [-0.25, -0.2) is 18.4 Å². The summed E-state index contributed by atoms with van der Waals surface area (Å²) in [5.74, 6) is -2.04. The summed E-state index contributed by atoms with van der Waals surface area (Å²) in [5.41, 5.74) is 7.73. The summed E-state index contributed by atoms with van der Waals surface area (Å²) < 4.78 is 38.2. The smallest absolute Gasteiger partial charge is 0.414 e. The minimum atomic E-state index is -1.02. The van der Waals surface area contributed by atoms with Crippen molar-refractivity contribution in [1.82, 2.24) is 0 Å². The van der Waals surface area contributed by atoms with Gasteiger partial charge in [-0.3, -0.25) is 9.80 Å². The van der Waals surface area contributed by atoms with E-state index in [1.54, 1.807) is 0 Å². The Labute approximate surface area is 134 Å². The van der Waals surface area contributed by atoms with Gasteiger partial charge in [0.2, 0.25) is 0 Å². The van der Waals surface area contributed by atoms with E-state index in [0.29, 0.717) is 0 Å². The lowest BCUT2D eigenvalue weighted by Gasteiger charge is -2.22. The quantitative estimate of drug-likeness (QED) is 0.477. The fourth-order valence-electron chi connectivity index (χ4n) is 2.59. The number of benzene rings is 1. The van der Waals surface area contributed by atoms with Crippen LogP contribution in [0.1, 0.15) is 0 Å². The molecular weight excluding hydrogens is 328 g/mol. The summed E-state index contributed by atoms with van der Waals surface area (Å²) >= 11 is 0. The normalized spacial score (nSPS) is 20.0. The van der Waals surface area contributed by atoms with E-state index in [4.69, 9.17) is 10.3 Å². The molecule has 2 heterocycles. The number of cyclic esters (lactones) is 2. The zero-order chi connectivity index (χ0) is 17.3. The minimum Gasteiger partial charge on any atom is -0.447 e. The number of halogens is 2. The van der Waals surface area contributed by atoms with Crippen LogP contribution in [0.4, 0.5) is 29.7 Å². The number of anilines is 2. The molecule has 0 saturated carbocycles. The van der Waals surface area contributed by atoms with Gasteiger partial charge in [0.25, 0.3) is 0 Å². The molecule has 2 fully saturated rings. The fourth-order valence-corrected chi connectivity index (χ4v) is 2.59. The van der Waals surface area contributed by atoms with Crippen LogP contribution in [0.15, 0.2) is 17.2 Å². The van der Waals surface area contributed by atoms with Crippen molar-refractivity contribution in [2.45, 2.75) is 6.04 Å². The summed E-state index contributed by atoms with van der Waals surface area (Å²) in [6.07, 6.45) is -1.65. The molecular formula is C13H11F2N5O4. The van der Waals surface area contributed by atoms with Crippen molar-refractivity contribution in [3.05, 3.63) is 34.2 Å². The number of carbonyl (C=O) groups is 2. The molecule has 126 valence electrons. The number of carbonyl (C=O) groups excluding carboxylic acids is 2. The number of hydrogen-bond donors (Lipinski definition) is 0. The predicted molar refractivity (Wildman–Crippen MR) is 76.7 cm³/mol. The van der Waals surface area contributed by atoms with Crippen molar-refractivity contribution >= 4 is 23.6 Å². The van der Waals surface area contributed by atoms with Crippen LogP contribution in [0.3, 0.4) is 0 Å². The molecule has 24 heavy (non-hydrogen) atoms. The molecule has 0 unspecified atom stereocenters. The molecule has 1 aromatic rings. The van der Waals surface area contributed by atoms with Crippen LogP contribution < -0.4 is 9.80 Å². The third-order valence-corrected chi connectivity index (χ3v) is 3.63. The molecule has 2 aliphatic heterocycles. The molecule has 0 aromatic heterocycles. The second kappa shape index (κ2) is 6.20. The van der Waals surface area contributed by atoms with Crippen molar-refractivity contribution in [2.75, 3.05) is 36.1 Å². The lowest BCUT2D eigenvalue weighted by Crippen LogP contribution is -2.36. The Morgan fingerprint density at radius 1 is 1.25 bits per heavy atom. The Bertz CT molecular complexity index is 729. The predicted octanol–water partition coefficient (Wildman–Crippen LogP) is 2.56. The average Bonchev–Trinajstić information content (AvgIpc) is 3.11. The van der Waals surface area contributed by atoms with E-state index in [-0.39, 0.29) is 32.0 Å². The Hall–Kier alpha value is -3.07. The number of hydrogen-bond acceptors (Lipinski definition) is 5. The van der Waals surface area contributed by atoms with Gasteiger partial charge in [-0.15, -0.1) is 0 Å². The first-order valence-electron chi connectivity index (χ1n) is 6.93. The van der Waals surface area contributed by atoms with Crippen LogP contribution in [0.5, 0.6) is 0 Å². The molecule has 11 heteroatoms. The Morgan fingerprint density at radius 3 is 2.54 bits per heavy atom. The largest absolute Gasteiger partial charge is 0.447 e. The molecule has 0 bridgehead atoms. The van der Waals surface area contributed by atoms with Crippen molar-refractivity contribution < 1.29 is 27.8 Å². The molecule has 0 N–H and O–H groups in total. The summed E-state index contributed by atoms with van der Waals surface area (Å²) in [6.45, 7) is -0.115. The van der Waals surface area contributed by atoms with E-state index >= 15 is 0 Å². The zero-order valence-electron chi connectivity index (χ0n) is 12.2. The first-order chi connectivity index (χ1) is 11.5. The van der Waals surface area contributed by atoms with Gasteiger partial charge in [-0.05, 0) is 5.53 Å². The molecule has 0 radical (unpaired) electrons. The van der Waals surface area contributed by atoms with Gasteiger partial charge in [-0.2, -0.15) is 0 Å². The van der Waals surface area contributed by atoms with E-state index in [0.717, 1.165) is 21.9 Å². The average molecular weight is 339 g/mol. The van der Waals surface area contributed by atoms with Crippen molar-refractivity contribution in [3.63, 3.8) is 0 Å². The zero-order valence-corrected chi connectivity index (χ0v) is 12.2. The van der Waals surface area contributed by atoms with Gasteiger partial charge in [0.15, 0.2) is 11.6 Å². The van der Waals surface area contributed by atoms with Gasteiger partial charge in [0.1, 0.15) is 18.9 Å². The highest BCUT2D eigenvalue weighted by atomic mass is 19.1. The second-order valence-corrected chi connectivity index (χ2v) is 5.04. The summed E-state index contributed by atoms with van der Waals surface area (Å²) in [7, 11) is 0. The Morgan fingerprint density at radius 2 is 1.96 bits per heavy atom. The maximum absolute atomic E-state index is 14.3. The van der Waals surface area contributed by atoms with Gasteiger partial charge in [0, 0.05) is 17.0 Å². The van der Waals surface area contributed by atoms with Crippen LogP contribution in [0, 0.1) is 11.6 Å². The summed E-state index contributed by atoms with van der Waals surface area (Å²) in [5, 5.41) is 3.35. The maximum Gasteiger partial charge on any atom is 0.414 e. The topological polar surface area (TPSA) is 108 Å². The monoisotopic (exact) mass is 339 g/mol. The number of rotatable bonds is 4. The third kappa shape index (κ3) is 2.65. The number of azide groups is 1. The van der Waals surface area contributed by atoms with Crippen molar-refractivity contribution in [3.8, 4) is 0 Å². The standard InChI is InChI=1S/C13H11F2N5O4/c14-9-3-7(20-8(5-17-18-16)6-24-13(20)22)4-10(15)11(9)19-1-2-23-12(19)21/h3-4,8H,1-2,5-6H2/t8-/m1/s1. The summed E-state index contributed by atoms with van der Waals surface area (Å²) in [4.78, 5) is 27.7. The lowest BCUT2D eigenvalue weighted by atomic mass is 10.2. The molecule has 2 amide bonds. The Balaban J connectivity index is 1.96. The van der Waals surface area contributed by atoms with Gasteiger partial charge in [-0.1, -0.05) is 5.11 Å². The SMILES string of the molecule is [N-]=[N+]=NC[C@@H]1COC(=O)N1c1cc(F)c(N2CCOC2=O)c(F)c1. The number of amides is 2. The highest BCUT2D eigenvalue weighted by Gasteiger charge is 2.36. The number of ether oxygens (including phenoxy) is 2. The van der Waals surface area contributed by atoms with Crippen LogP contribution in [-0.4, -0.2) is 44.5 Å². The molecule has 1 aromatic carbocycles. The molecule has 9 nitrogen and oxygen atoms in total. The lowest BCUT2D eigenvalue weighted by molar-refractivity contribution is 0.178. The minimum absolute atomic E-state index is 0.0251. The molecule has 0 aliphatic carbocycles. The highest BCUT2D eigenvalue weighted by molar-refractivity contribution is 5.93. The Kier molecular flexibility index (Phi) is 4.09. The second-order valence-electron chi connectivity index (χ2n) is 5.04. The molecule has 1 atom stereocenters. The molecule has 0 spiro atoms. The van der Waals surface area contributed by atoms with E-state index < -0.39 is 35.6 Å². The van der Waals surface area contributed by atoms with Gasteiger partial charge >= 0.3 is 12.2 Å². The molecule has 3 rings (SSSR count). The van der Waals surface area contributed by atoms with Gasteiger partial charge < -0.3 is 9.47 Å². The van der Waals surface area contributed by atoms with Crippen LogP contribution in [0.25, 0.3) is 10.4 Å². The van der Waals surface area contributed by atoms with Crippen LogP contribution in [0.2, 0.25) is 0 Å². The number of nitrogens with zero attached hydrogens (tertiary/aromatic N) is 5. The highest BCUT2D eigenvalue weighted by Crippen LogP contribution is 2.32. The van der Waals surface area contributed by atoms with Crippen LogP contribution >= 0.6 is 0 Å². The van der Waals surface area contributed by atoms with Crippen LogP contribution in [-0.2, 0) is 9.47 Å². The van der Waals surface area contributed by atoms with Crippen molar-refractivity contribution in [2.24, 2.45) is 5.11 Å². The van der Waals surface area contributed by atoms with Gasteiger partial charge in [0.05, 0.1) is 24.8 Å². The first-order valence-corrected chi connectivity index (χ1v) is 6.93. The summed E-state index contributed by atoms with van der Waals surface area (Å²) in [6, 6.07) is 1.16. The third-order valence-electron chi connectivity index (χ3n) is 3.63. The van der Waals surface area contributed by atoms with E-state index in [9.17, 15) is 18.4 Å². The molecule has 2 aliphatic rings. The maximum atomic E-state index is 14.3. The molecule has 2 saturated heterocycles. The van der Waals surface area contributed by atoms with E-state index in [2.05, 4.69) is 14.8 Å². The first kappa shape index (κ1) is 15.8.